The zero-order valence-corrected chi connectivity index (χ0v) is 28.5. The summed E-state index contributed by atoms with van der Waals surface area (Å²) in [5.41, 5.74) is 1.06. The van der Waals surface area contributed by atoms with Crippen LogP contribution in [-0.2, 0) is 9.53 Å². The molecule has 0 amide bonds. The molecule has 41 heavy (non-hydrogen) atoms. The van der Waals surface area contributed by atoms with Gasteiger partial charge in [0.1, 0.15) is 6.10 Å². The molecule has 2 unspecified atom stereocenters. The largest absolute Gasteiger partial charge is 0.462 e. The van der Waals surface area contributed by atoms with Gasteiger partial charge in [0.05, 0.1) is 0 Å². The maximum atomic E-state index is 12.7. The van der Waals surface area contributed by atoms with Gasteiger partial charge >= 0.3 is 5.97 Å². The van der Waals surface area contributed by atoms with Crippen LogP contribution in [0.15, 0.2) is 0 Å². The highest BCUT2D eigenvalue weighted by Crippen LogP contribution is 2.68. The van der Waals surface area contributed by atoms with Crippen LogP contribution in [-0.4, -0.2) is 12.1 Å². The fourth-order valence-electron chi connectivity index (χ4n) is 11.2. The first-order chi connectivity index (χ1) is 19.7. The third kappa shape index (κ3) is 8.15. The van der Waals surface area contributed by atoms with Crippen molar-refractivity contribution in [3.8, 4) is 0 Å². The van der Waals surface area contributed by atoms with E-state index >= 15 is 0 Å². The summed E-state index contributed by atoms with van der Waals surface area (Å²) in [5, 5.41) is 0. The second kappa shape index (κ2) is 15.5. The highest BCUT2D eigenvalue weighted by molar-refractivity contribution is 5.69. The number of hydrogen-bond donors (Lipinski definition) is 0. The van der Waals surface area contributed by atoms with E-state index in [1.54, 1.807) is 0 Å². The molecule has 9 atom stereocenters. The van der Waals surface area contributed by atoms with Crippen LogP contribution in [0.3, 0.4) is 0 Å². The fraction of sp³-hybridized carbons (Fsp3) is 0.974. The van der Waals surface area contributed by atoms with Gasteiger partial charge in [0, 0.05) is 6.42 Å². The molecule has 4 rings (SSSR count). The van der Waals surface area contributed by atoms with E-state index in [0.717, 1.165) is 60.7 Å². The van der Waals surface area contributed by atoms with E-state index in [0.29, 0.717) is 17.3 Å². The van der Waals surface area contributed by atoms with E-state index in [2.05, 4.69) is 41.5 Å². The van der Waals surface area contributed by atoms with Crippen LogP contribution in [0.2, 0.25) is 0 Å². The lowest BCUT2D eigenvalue weighted by atomic mass is 9.44. The average Bonchev–Trinajstić information content (AvgIpc) is 3.29. The Morgan fingerprint density at radius 3 is 2.10 bits per heavy atom. The zero-order chi connectivity index (χ0) is 29.5. The highest BCUT2D eigenvalue weighted by Gasteiger charge is 2.60. The van der Waals surface area contributed by atoms with E-state index in [-0.39, 0.29) is 12.1 Å². The van der Waals surface area contributed by atoms with Gasteiger partial charge in [-0.25, -0.2) is 0 Å². The van der Waals surface area contributed by atoms with Crippen LogP contribution in [0, 0.1) is 52.3 Å². The normalized spacial score (nSPS) is 37.3. The number of rotatable bonds is 16. The summed E-state index contributed by atoms with van der Waals surface area (Å²) in [6.45, 7) is 15.0. The molecule has 4 aliphatic rings. The quantitative estimate of drug-likeness (QED) is 0.136. The van der Waals surface area contributed by atoms with Crippen molar-refractivity contribution in [1.29, 1.82) is 0 Å². The highest BCUT2D eigenvalue weighted by atomic mass is 16.5. The third-order valence-corrected chi connectivity index (χ3v) is 13.6. The first-order valence-corrected chi connectivity index (χ1v) is 18.9. The molecule has 0 aromatic rings. The van der Waals surface area contributed by atoms with Crippen molar-refractivity contribution in [1.82, 2.24) is 0 Å². The van der Waals surface area contributed by atoms with E-state index in [9.17, 15) is 4.79 Å². The number of fused-ring (bicyclic) bond motifs is 5. The lowest BCUT2D eigenvalue weighted by molar-refractivity contribution is -0.162. The van der Waals surface area contributed by atoms with Gasteiger partial charge in [-0.05, 0) is 116 Å². The summed E-state index contributed by atoms with van der Waals surface area (Å²) in [7, 11) is 0. The zero-order valence-electron chi connectivity index (χ0n) is 28.5. The van der Waals surface area contributed by atoms with Crippen LogP contribution >= 0.6 is 0 Å². The molecule has 0 aromatic heterocycles. The Balaban J connectivity index is 1.21. The minimum atomic E-state index is 0.0863. The molecule has 0 N–H and O–H groups in total. The Morgan fingerprint density at radius 1 is 0.732 bits per heavy atom. The number of esters is 1. The van der Waals surface area contributed by atoms with Crippen LogP contribution in [0.1, 0.15) is 183 Å². The molecule has 0 radical (unpaired) electrons. The molecule has 0 saturated heterocycles. The molecule has 0 aliphatic heterocycles. The first kappa shape index (κ1) is 33.4. The summed E-state index contributed by atoms with van der Waals surface area (Å²) >= 11 is 0. The smallest absolute Gasteiger partial charge is 0.306 e. The van der Waals surface area contributed by atoms with Crippen LogP contribution in [0.4, 0.5) is 0 Å². The predicted octanol–water partition coefficient (Wildman–Crippen LogP) is 11.9. The number of carbonyl (C=O) groups excluding carboxylic acids is 1. The number of hydrogen-bond acceptors (Lipinski definition) is 2. The molecular weight excluding hydrogens is 500 g/mol. The van der Waals surface area contributed by atoms with Crippen molar-refractivity contribution in [2.45, 2.75) is 189 Å². The minimum Gasteiger partial charge on any atom is -0.462 e. The van der Waals surface area contributed by atoms with Crippen LogP contribution < -0.4 is 0 Å². The van der Waals surface area contributed by atoms with Crippen molar-refractivity contribution in [2.75, 3.05) is 0 Å². The third-order valence-electron chi connectivity index (χ3n) is 13.6. The van der Waals surface area contributed by atoms with E-state index in [1.165, 1.54) is 116 Å². The van der Waals surface area contributed by atoms with E-state index in [4.69, 9.17) is 4.74 Å². The predicted molar refractivity (Wildman–Crippen MR) is 175 cm³/mol. The van der Waals surface area contributed by atoms with Gasteiger partial charge in [-0.3, -0.25) is 4.79 Å². The lowest BCUT2D eigenvalue weighted by Gasteiger charge is -2.61. The summed E-state index contributed by atoms with van der Waals surface area (Å²) < 4.78 is 6.13. The van der Waals surface area contributed by atoms with Gasteiger partial charge < -0.3 is 4.74 Å². The molecule has 4 saturated carbocycles. The molecule has 0 aromatic carbocycles. The second-order valence-electron chi connectivity index (χ2n) is 16.7. The maximum absolute atomic E-state index is 12.7. The van der Waals surface area contributed by atoms with Crippen molar-refractivity contribution in [3.63, 3.8) is 0 Å². The summed E-state index contributed by atoms with van der Waals surface area (Å²) in [5.74, 6) is 6.37. The summed E-state index contributed by atoms with van der Waals surface area (Å²) in [6.07, 6.45) is 29.0. The molecule has 2 nitrogen and oxygen atoms in total. The second-order valence-corrected chi connectivity index (χ2v) is 16.7. The molecule has 4 fully saturated rings. The van der Waals surface area contributed by atoms with Gasteiger partial charge in [0.25, 0.3) is 0 Å². The summed E-state index contributed by atoms with van der Waals surface area (Å²) in [4.78, 5) is 12.7. The van der Waals surface area contributed by atoms with Gasteiger partial charge in [0.2, 0.25) is 0 Å². The maximum Gasteiger partial charge on any atom is 0.306 e. The van der Waals surface area contributed by atoms with Crippen molar-refractivity contribution in [2.24, 2.45) is 52.3 Å². The topological polar surface area (TPSA) is 26.3 Å². The SMILES string of the molecule is CCCCCCCCCCCC(=O)OC1CC[C@@]2(C)C(CC[C@H]3[C@@H]4CC[C@H]([C@H](C)CCCC(C)C)[C@@]4(C)CC[C@@H]32)C1. The van der Waals surface area contributed by atoms with Crippen molar-refractivity contribution >= 4 is 5.97 Å². The van der Waals surface area contributed by atoms with Gasteiger partial charge in [-0.2, -0.15) is 0 Å². The Kier molecular flexibility index (Phi) is 12.6. The Bertz CT molecular complexity index is 788. The molecule has 0 spiro atoms. The average molecular weight is 571 g/mol. The number of carbonyl (C=O) groups is 1. The minimum absolute atomic E-state index is 0.0863. The fourth-order valence-corrected chi connectivity index (χ4v) is 11.2. The standard InChI is InChI=1S/C39H70O2/c1-7-8-9-10-11-12-13-14-15-19-37(40)41-32-24-26-38(5)31(28-32)20-21-33-35-23-22-34(30(4)18-16-17-29(2)3)39(35,6)27-25-36(33)38/h29-36H,7-28H2,1-6H3/t30-,31?,32?,33+,34-,35+,36+,38+,39-/m1/s1. The Labute approximate surface area is 256 Å². The van der Waals surface area contributed by atoms with E-state index in [1.807, 2.05) is 0 Å². The molecule has 4 aliphatic carbocycles. The van der Waals surface area contributed by atoms with Crippen LogP contribution in [0.25, 0.3) is 0 Å². The number of unbranched alkanes of at least 4 members (excludes halogenated alkanes) is 8. The lowest BCUT2D eigenvalue weighted by Crippen LogP contribution is -2.54. The van der Waals surface area contributed by atoms with Gasteiger partial charge in [0.15, 0.2) is 0 Å². The first-order valence-electron chi connectivity index (χ1n) is 18.9. The molecular formula is C39H70O2. The molecule has 0 bridgehead atoms. The molecule has 238 valence electrons. The van der Waals surface area contributed by atoms with Crippen molar-refractivity contribution in [3.05, 3.63) is 0 Å². The number of ether oxygens (including phenoxy) is 1. The van der Waals surface area contributed by atoms with Gasteiger partial charge in [-0.1, -0.05) is 112 Å². The van der Waals surface area contributed by atoms with Crippen LogP contribution in [0.5, 0.6) is 0 Å². The Morgan fingerprint density at radius 2 is 1.39 bits per heavy atom. The van der Waals surface area contributed by atoms with Crippen molar-refractivity contribution < 1.29 is 9.53 Å². The monoisotopic (exact) mass is 571 g/mol. The molecule has 0 heterocycles. The van der Waals surface area contributed by atoms with E-state index < -0.39 is 0 Å². The summed E-state index contributed by atoms with van der Waals surface area (Å²) in [6, 6.07) is 0. The van der Waals surface area contributed by atoms with Gasteiger partial charge in [-0.15, -0.1) is 0 Å². The Hall–Kier alpha value is -0.530. The molecule has 2 heteroatoms.